The Bertz CT molecular complexity index is 284. The predicted octanol–water partition coefficient (Wildman–Crippen LogP) is 5.95. The zero-order valence-electron chi connectivity index (χ0n) is 15.0. The second-order valence-corrected chi connectivity index (χ2v) is 8.30. The van der Waals surface area contributed by atoms with Crippen LogP contribution in [0, 0.1) is 17.3 Å². The van der Waals surface area contributed by atoms with E-state index in [0.29, 0.717) is 14.5 Å². The van der Waals surface area contributed by atoms with E-state index < -0.39 is 0 Å². The van der Waals surface area contributed by atoms with Crippen LogP contribution in [0.2, 0.25) is 0 Å². The van der Waals surface area contributed by atoms with E-state index in [2.05, 4.69) is 45.1 Å². The second-order valence-electron chi connectivity index (χ2n) is 7.19. The van der Waals surface area contributed by atoms with Gasteiger partial charge in [0.15, 0.2) is 0 Å². The molecule has 0 saturated carbocycles. The van der Waals surface area contributed by atoms with Gasteiger partial charge in [0, 0.05) is 14.5 Å². The minimum atomic E-state index is 0.470. The zero-order chi connectivity index (χ0) is 15.6. The molecule has 2 atom stereocenters. The topological polar surface area (TPSA) is 0 Å². The normalized spacial score (nSPS) is 23.6. The first-order chi connectivity index (χ1) is 10.2. The van der Waals surface area contributed by atoms with E-state index in [-0.39, 0.29) is 0 Å². The Morgan fingerprint density at radius 2 is 1.38 bits per heavy atom. The summed E-state index contributed by atoms with van der Waals surface area (Å²) >= 11 is 0. The molecule has 0 aliphatic carbocycles. The Hall–Kier alpha value is -0.173. The first-order valence-electron chi connectivity index (χ1n) is 9.56. The molecular weight excluding hydrogens is 268 g/mol. The molecule has 1 rings (SSSR count). The molecule has 1 aliphatic heterocycles. The van der Waals surface area contributed by atoms with Crippen LogP contribution in [-0.4, -0.2) is 14.8 Å². The molecule has 0 N–H and O–H groups in total. The van der Waals surface area contributed by atoms with Gasteiger partial charge in [-0.05, 0) is 24.7 Å². The van der Waals surface area contributed by atoms with E-state index in [4.69, 9.17) is 0 Å². The Kier molecular flexibility index (Phi) is 9.47. The molecule has 122 valence electrons. The number of hydrogen-bond donors (Lipinski definition) is 0. The summed E-state index contributed by atoms with van der Waals surface area (Å²) in [7, 11) is 0.477. The van der Waals surface area contributed by atoms with Crippen LogP contribution in [0.3, 0.4) is 0 Å². The maximum absolute atomic E-state index is 2.72. The SMILES string of the molecule is CCCCC(CC)CC1(CC(CC)CCCC)C=C[SiH]=C1. The Balaban J connectivity index is 2.64. The van der Waals surface area contributed by atoms with E-state index in [9.17, 15) is 0 Å². The Morgan fingerprint density at radius 3 is 1.71 bits per heavy atom. The van der Waals surface area contributed by atoms with Crippen LogP contribution in [0.5, 0.6) is 0 Å². The minimum absolute atomic E-state index is 0.470. The molecule has 0 aromatic rings. The van der Waals surface area contributed by atoms with Gasteiger partial charge in [-0.1, -0.05) is 96.5 Å². The predicted molar refractivity (Wildman–Crippen MR) is 101 cm³/mol. The number of unbranched alkanes of at least 4 members (excludes halogenated alkanes) is 2. The fourth-order valence-electron chi connectivity index (χ4n) is 3.87. The van der Waals surface area contributed by atoms with Crippen molar-refractivity contribution < 1.29 is 0 Å². The van der Waals surface area contributed by atoms with Gasteiger partial charge in [-0.3, -0.25) is 0 Å². The van der Waals surface area contributed by atoms with Crippen molar-refractivity contribution in [1.29, 1.82) is 0 Å². The lowest BCUT2D eigenvalue weighted by Crippen LogP contribution is -2.26. The van der Waals surface area contributed by atoms with Crippen LogP contribution in [0.4, 0.5) is 0 Å². The summed E-state index contributed by atoms with van der Waals surface area (Å²) in [5, 5.41) is 0. The first-order valence-corrected chi connectivity index (χ1v) is 10.9. The van der Waals surface area contributed by atoms with E-state index in [1.807, 2.05) is 0 Å². The van der Waals surface area contributed by atoms with Crippen molar-refractivity contribution in [1.82, 2.24) is 0 Å². The Labute approximate surface area is 136 Å². The van der Waals surface area contributed by atoms with E-state index in [1.54, 1.807) is 0 Å². The van der Waals surface area contributed by atoms with Crippen molar-refractivity contribution in [2.45, 2.75) is 91.9 Å². The molecule has 0 fully saturated rings. The smallest absolute Gasteiger partial charge is 0.0161 e. The lowest BCUT2D eigenvalue weighted by atomic mass is 9.72. The van der Waals surface area contributed by atoms with Crippen molar-refractivity contribution in [2.24, 2.45) is 17.3 Å². The van der Waals surface area contributed by atoms with E-state index in [1.165, 1.54) is 64.2 Å². The molecule has 0 bridgehead atoms. The van der Waals surface area contributed by atoms with Crippen molar-refractivity contribution in [3.8, 4) is 0 Å². The van der Waals surface area contributed by atoms with Crippen LogP contribution in [0.1, 0.15) is 91.9 Å². The van der Waals surface area contributed by atoms with Gasteiger partial charge in [0.25, 0.3) is 0 Å². The summed E-state index contributed by atoms with van der Waals surface area (Å²) in [6, 6.07) is 0. The van der Waals surface area contributed by atoms with Gasteiger partial charge in [0.2, 0.25) is 0 Å². The summed E-state index contributed by atoms with van der Waals surface area (Å²) in [6.45, 7) is 9.44. The first kappa shape index (κ1) is 18.9. The second kappa shape index (κ2) is 10.5. The molecule has 1 aliphatic rings. The fraction of sp³-hybridized carbons (Fsp3) is 0.850. The highest BCUT2D eigenvalue weighted by atomic mass is 28.2. The average Bonchev–Trinajstić information content (AvgIpc) is 2.96. The molecule has 21 heavy (non-hydrogen) atoms. The highest BCUT2D eigenvalue weighted by Crippen LogP contribution is 2.39. The van der Waals surface area contributed by atoms with Crippen LogP contribution in [-0.2, 0) is 0 Å². The van der Waals surface area contributed by atoms with Gasteiger partial charge in [0.05, 0.1) is 0 Å². The lowest BCUT2D eigenvalue weighted by Gasteiger charge is -2.33. The maximum Gasteiger partial charge on any atom is 0.0161 e. The van der Waals surface area contributed by atoms with Crippen LogP contribution < -0.4 is 0 Å². The van der Waals surface area contributed by atoms with Gasteiger partial charge < -0.3 is 0 Å². The van der Waals surface area contributed by atoms with Crippen molar-refractivity contribution in [3.05, 3.63) is 11.8 Å². The molecule has 0 radical (unpaired) electrons. The fourth-order valence-corrected chi connectivity index (χ4v) is 5.24. The minimum Gasteiger partial charge on any atom is -0.0927 e. The molecule has 2 unspecified atom stereocenters. The summed E-state index contributed by atoms with van der Waals surface area (Å²) in [6.07, 6.45) is 16.6. The monoisotopic (exact) mass is 306 g/mol. The molecule has 0 amide bonds. The zero-order valence-corrected chi connectivity index (χ0v) is 16.2. The summed E-state index contributed by atoms with van der Waals surface area (Å²) < 4.78 is 0. The number of hydrogen-bond acceptors (Lipinski definition) is 0. The molecule has 0 saturated heterocycles. The largest absolute Gasteiger partial charge is 0.0927 e. The summed E-state index contributed by atoms with van der Waals surface area (Å²) in [5.41, 5.74) is 5.69. The van der Waals surface area contributed by atoms with Crippen molar-refractivity contribution in [2.75, 3.05) is 0 Å². The molecular formula is C20H38Si. The van der Waals surface area contributed by atoms with Crippen LogP contribution in [0.25, 0.3) is 0 Å². The Morgan fingerprint density at radius 1 is 0.857 bits per heavy atom. The quantitative estimate of drug-likeness (QED) is 0.391. The molecule has 0 spiro atoms. The molecule has 1 heteroatoms. The van der Waals surface area contributed by atoms with Crippen molar-refractivity contribution >= 4 is 14.8 Å². The average molecular weight is 307 g/mol. The standard InChI is InChI=1S/C20H38Si/c1-5-9-11-18(7-3)15-20(13-14-21-17-20)16-19(8-4)12-10-6-2/h13-14,17-19,21H,5-12,15-16H2,1-4H3. The van der Waals surface area contributed by atoms with Gasteiger partial charge >= 0.3 is 0 Å². The molecule has 0 nitrogen and oxygen atoms in total. The molecule has 1 heterocycles. The highest BCUT2D eigenvalue weighted by molar-refractivity contribution is 6.54. The van der Waals surface area contributed by atoms with Crippen molar-refractivity contribution in [3.63, 3.8) is 0 Å². The number of allylic oxidation sites excluding steroid dienone is 1. The van der Waals surface area contributed by atoms with Gasteiger partial charge in [0.1, 0.15) is 0 Å². The third-order valence-electron chi connectivity index (χ3n) is 5.39. The summed E-state index contributed by atoms with van der Waals surface area (Å²) in [5.74, 6) is 1.87. The van der Waals surface area contributed by atoms with E-state index >= 15 is 0 Å². The van der Waals surface area contributed by atoms with Gasteiger partial charge in [-0.25, -0.2) is 0 Å². The van der Waals surface area contributed by atoms with Gasteiger partial charge in [-0.15, -0.1) is 0 Å². The van der Waals surface area contributed by atoms with Gasteiger partial charge in [-0.2, -0.15) is 0 Å². The lowest BCUT2D eigenvalue weighted by molar-refractivity contribution is 0.270. The van der Waals surface area contributed by atoms with E-state index in [0.717, 1.165) is 11.8 Å². The maximum atomic E-state index is 2.72. The van der Waals surface area contributed by atoms with Crippen LogP contribution >= 0.6 is 0 Å². The molecule has 0 aromatic carbocycles. The van der Waals surface area contributed by atoms with Crippen LogP contribution in [0.15, 0.2) is 11.8 Å². The molecule has 0 aromatic heterocycles. The third-order valence-corrected chi connectivity index (χ3v) is 6.66. The summed E-state index contributed by atoms with van der Waals surface area (Å²) in [4.78, 5) is 0. The highest BCUT2D eigenvalue weighted by Gasteiger charge is 2.31. The third kappa shape index (κ3) is 6.63. The number of rotatable bonds is 12.